The first-order chi connectivity index (χ1) is 9.65. The highest BCUT2D eigenvalue weighted by molar-refractivity contribution is 7.97. The van der Waals surface area contributed by atoms with Crippen molar-refractivity contribution in [3.63, 3.8) is 0 Å². The monoisotopic (exact) mass is 297 g/mol. The number of hydrogen-bond donors (Lipinski definition) is 1. The standard InChI is InChI=1S/C13H19N3O3S/c1-14-20-11-5-6-12(13(8-11)16(17)18)15-7-3-4-10(9-15)19-2/h5-6,8,10,14H,3-4,7,9H2,1-2H3. The molecule has 110 valence electrons. The molecule has 2 rings (SSSR count). The number of anilines is 1. The molecule has 0 aromatic heterocycles. The third-order valence-electron chi connectivity index (χ3n) is 3.42. The fraction of sp³-hybridized carbons (Fsp3) is 0.538. The van der Waals surface area contributed by atoms with Crippen LogP contribution in [0.4, 0.5) is 11.4 Å². The van der Waals surface area contributed by atoms with Crippen molar-refractivity contribution in [2.45, 2.75) is 23.8 Å². The Labute approximate surface area is 122 Å². The molecule has 0 radical (unpaired) electrons. The summed E-state index contributed by atoms with van der Waals surface area (Å²) in [7, 11) is 3.48. The molecule has 0 saturated carbocycles. The summed E-state index contributed by atoms with van der Waals surface area (Å²) < 4.78 is 8.31. The Hall–Kier alpha value is -1.31. The molecule has 1 aliphatic heterocycles. The zero-order valence-electron chi connectivity index (χ0n) is 11.7. The van der Waals surface area contributed by atoms with Crippen LogP contribution in [-0.2, 0) is 4.74 Å². The molecule has 1 aromatic rings. The van der Waals surface area contributed by atoms with Gasteiger partial charge in [-0.2, -0.15) is 0 Å². The lowest BCUT2D eigenvalue weighted by Gasteiger charge is -2.33. The van der Waals surface area contributed by atoms with Gasteiger partial charge in [-0.3, -0.25) is 14.8 Å². The van der Waals surface area contributed by atoms with Gasteiger partial charge in [0.05, 0.1) is 11.0 Å². The van der Waals surface area contributed by atoms with E-state index in [1.807, 2.05) is 17.0 Å². The van der Waals surface area contributed by atoms with Gasteiger partial charge < -0.3 is 9.64 Å². The van der Waals surface area contributed by atoms with Crippen molar-refractivity contribution < 1.29 is 9.66 Å². The van der Waals surface area contributed by atoms with E-state index in [2.05, 4.69) is 4.72 Å². The molecule has 1 saturated heterocycles. The van der Waals surface area contributed by atoms with Gasteiger partial charge >= 0.3 is 0 Å². The maximum atomic E-state index is 11.3. The number of ether oxygens (including phenoxy) is 1. The van der Waals surface area contributed by atoms with Gasteiger partial charge in [0.15, 0.2) is 0 Å². The number of rotatable bonds is 5. The minimum absolute atomic E-state index is 0.148. The molecule has 1 aromatic carbocycles. The van der Waals surface area contributed by atoms with Crippen molar-refractivity contribution in [3.05, 3.63) is 28.3 Å². The summed E-state index contributed by atoms with van der Waals surface area (Å²) in [4.78, 5) is 13.9. The molecular weight excluding hydrogens is 278 g/mol. The van der Waals surface area contributed by atoms with E-state index in [1.165, 1.54) is 11.9 Å². The third-order valence-corrected chi connectivity index (χ3v) is 4.11. The smallest absolute Gasteiger partial charge is 0.293 e. The lowest BCUT2D eigenvalue weighted by atomic mass is 10.1. The van der Waals surface area contributed by atoms with E-state index in [4.69, 9.17) is 4.74 Å². The summed E-state index contributed by atoms with van der Waals surface area (Å²) >= 11 is 1.37. The fourth-order valence-electron chi connectivity index (χ4n) is 2.45. The SMILES string of the molecule is CNSc1ccc(N2CCCC(OC)C2)c([N+](=O)[O-])c1. The Morgan fingerprint density at radius 3 is 3.00 bits per heavy atom. The van der Waals surface area contributed by atoms with Crippen molar-refractivity contribution in [2.75, 3.05) is 32.1 Å². The Bertz CT molecular complexity index is 484. The largest absolute Gasteiger partial charge is 0.380 e. The van der Waals surface area contributed by atoms with Crippen LogP contribution >= 0.6 is 11.9 Å². The Morgan fingerprint density at radius 1 is 1.55 bits per heavy atom. The highest BCUT2D eigenvalue weighted by Gasteiger charge is 2.25. The van der Waals surface area contributed by atoms with Gasteiger partial charge in [0.2, 0.25) is 0 Å². The zero-order valence-corrected chi connectivity index (χ0v) is 12.5. The number of benzene rings is 1. The van der Waals surface area contributed by atoms with Crippen LogP contribution in [0, 0.1) is 10.1 Å². The van der Waals surface area contributed by atoms with E-state index in [9.17, 15) is 10.1 Å². The summed E-state index contributed by atoms with van der Waals surface area (Å²) in [5.74, 6) is 0. The van der Waals surface area contributed by atoms with Gasteiger partial charge in [-0.1, -0.05) is 0 Å². The van der Waals surface area contributed by atoms with Crippen LogP contribution < -0.4 is 9.62 Å². The third kappa shape index (κ3) is 3.41. The second-order valence-electron chi connectivity index (χ2n) is 4.66. The summed E-state index contributed by atoms with van der Waals surface area (Å²) in [5.41, 5.74) is 0.833. The van der Waals surface area contributed by atoms with Gasteiger partial charge in [0.1, 0.15) is 5.69 Å². The molecule has 6 nitrogen and oxygen atoms in total. The second-order valence-corrected chi connectivity index (χ2v) is 5.74. The van der Waals surface area contributed by atoms with Crippen molar-refractivity contribution >= 4 is 23.3 Å². The molecule has 1 N–H and O–H groups in total. The minimum Gasteiger partial charge on any atom is -0.380 e. The predicted octanol–water partition coefficient (Wildman–Crippen LogP) is 2.44. The average molecular weight is 297 g/mol. The summed E-state index contributed by atoms with van der Waals surface area (Å²) in [6.45, 7) is 1.54. The molecule has 1 heterocycles. The maximum absolute atomic E-state index is 11.3. The van der Waals surface area contributed by atoms with E-state index >= 15 is 0 Å². The van der Waals surface area contributed by atoms with Gasteiger partial charge in [-0.15, -0.1) is 0 Å². The van der Waals surface area contributed by atoms with Crippen molar-refractivity contribution in [2.24, 2.45) is 0 Å². The average Bonchev–Trinajstić information content (AvgIpc) is 2.47. The molecule has 0 amide bonds. The van der Waals surface area contributed by atoms with Gasteiger partial charge in [-0.05, 0) is 44.0 Å². The number of nitrogens with zero attached hydrogens (tertiary/aromatic N) is 2. The number of piperidine rings is 1. The van der Waals surface area contributed by atoms with E-state index in [0.29, 0.717) is 12.2 Å². The summed E-state index contributed by atoms with van der Waals surface area (Å²) in [6, 6.07) is 5.35. The molecule has 1 fully saturated rings. The van der Waals surface area contributed by atoms with Crippen molar-refractivity contribution in [1.82, 2.24) is 4.72 Å². The maximum Gasteiger partial charge on any atom is 0.293 e. The van der Waals surface area contributed by atoms with E-state index in [-0.39, 0.29) is 16.7 Å². The number of hydrogen-bond acceptors (Lipinski definition) is 6. The van der Waals surface area contributed by atoms with Crippen LogP contribution in [0.15, 0.2) is 23.1 Å². The molecule has 1 atom stereocenters. The van der Waals surface area contributed by atoms with Crippen molar-refractivity contribution in [1.29, 1.82) is 0 Å². The molecule has 0 bridgehead atoms. The number of nitrogens with one attached hydrogen (secondary N) is 1. The van der Waals surface area contributed by atoms with Crippen LogP contribution in [0.25, 0.3) is 0 Å². The molecule has 0 aliphatic carbocycles. The Kier molecular flexibility index (Phi) is 5.22. The second kappa shape index (κ2) is 6.92. The normalized spacial score (nSPS) is 19.1. The molecular formula is C13H19N3O3S. The molecule has 1 aliphatic rings. The van der Waals surface area contributed by atoms with Gasteiger partial charge in [0.25, 0.3) is 5.69 Å². The lowest BCUT2D eigenvalue weighted by Crippen LogP contribution is -2.39. The van der Waals surface area contributed by atoms with E-state index in [0.717, 1.165) is 24.3 Å². The van der Waals surface area contributed by atoms with Crippen LogP contribution in [0.5, 0.6) is 0 Å². The Balaban J connectivity index is 2.27. The van der Waals surface area contributed by atoms with Crippen LogP contribution in [0.2, 0.25) is 0 Å². The number of nitro benzene ring substituents is 1. The highest BCUT2D eigenvalue weighted by atomic mass is 32.2. The van der Waals surface area contributed by atoms with Crippen LogP contribution in [0.1, 0.15) is 12.8 Å². The first-order valence-corrected chi connectivity index (χ1v) is 7.37. The molecule has 1 unspecified atom stereocenters. The van der Waals surface area contributed by atoms with Crippen molar-refractivity contribution in [3.8, 4) is 0 Å². The van der Waals surface area contributed by atoms with Crippen LogP contribution in [0.3, 0.4) is 0 Å². The van der Waals surface area contributed by atoms with E-state index < -0.39 is 0 Å². The van der Waals surface area contributed by atoms with Gasteiger partial charge in [0, 0.05) is 31.2 Å². The quantitative estimate of drug-likeness (QED) is 0.511. The van der Waals surface area contributed by atoms with E-state index in [1.54, 1.807) is 20.2 Å². The Morgan fingerprint density at radius 2 is 2.35 bits per heavy atom. The fourth-order valence-corrected chi connectivity index (χ4v) is 2.99. The lowest BCUT2D eigenvalue weighted by molar-refractivity contribution is -0.384. The van der Waals surface area contributed by atoms with Crippen LogP contribution in [-0.4, -0.2) is 38.3 Å². The van der Waals surface area contributed by atoms with Gasteiger partial charge in [-0.25, -0.2) is 0 Å². The summed E-state index contributed by atoms with van der Waals surface area (Å²) in [6.07, 6.45) is 2.15. The number of nitro groups is 1. The number of methoxy groups -OCH3 is 1. The highest BCUT2D eigenvalue weighted by Crippen LogP contribution is 2.33. The first kappa shape index (κ1) is 15.1. The predicted molar refractivity (Wildman–Crippen MR) is 80.3 cm³/mol. The first-order valence-electron chi connectivity index (χ1n) is 6.55. The zero-order chi connectivity index (χ0) is 14.5. The molecule has 7 heteroatoms. The molecule has 0 spiro atoms. The minimum atomic E-state index is -0.314. The topological polar surface area (TPSA) is 67.6 Å². The molecule has 20 heavy (non-hydrogen) atoms. The summed E-state index contributed by atoms with van der Waals surface area (Å²) in [5, 5.41) is 11.3.